The number of aromatic nitrogens is 1. The van der Waals surface area contributed by atoms with Crippen LogP contribution in [0.5, 0.6) is 0 Å². The van der Waals surface area contributed by atoms with E-state index in [1.165, 1.54) is 12.1 Å². The lowest BCUT2D eigenvalue weighted by molar-refractivity contribution is 0.476. The van der Waals surface area contributed by atoms with Crippen molar-refractivity contribution in [2.24, 2.45) is 4.99 Å². The number of benzene rings is 1. The molecule has 0 saturated heterocycles. The standard InChI is InChI=1S/C17H21FN4.HI/c1-19-17(21-12-10-16-5-3-4-11-20-16)22(2)13-14-6-8-15(18)9-7-14;/h3-9,11H,10,12-13H2,1-2H3,(H,19,21);1H. The van der Waals surface area contributed by atoms with Crippen molar-refractivity contribution in [1.29, 1.82) is 0 Å². The molecule has 0 amide bonds. The fourth-order valence-corrected chi connectivity index (χ4v) is 2.17. The average molecular weight is 428 g/mol. The molecular formula is C17H22FIN4. The van der Waals surface area contributed by atoms with E-state index in [-0.39, 0.29) is 29.8 Å². The van der Waals surface area contributed by atoms with Crippen LogP contribution in [0.2, 0.25) is 0 Å². The minimum atomic E-state index is -0.218. The molecular weight excluding hydrogens is 406 g/mol. The first kappa shape index (κ1) is 19.3. The molecule has 1 aromatic heterocycles. The van der Waals surface area contributed by atoms with E-state index in [0.29, 0.717) is 6.54 Å². The topological polar surface area (TPSA) is 40.5 Å². The van der Waals surface area contributed by atoms with Crippen LogP contribution in [0.15, 0.2) is 53.7 Å². The fraction of sp³-hybridized carbons (Fsp3) is 0.294. The minimum Gasteiger partial charge on any atom is -0.356 e. The van der Waals surface area contributed by atoms with Gasteiger partial charge in [-0.25, -0.2) is 4.39 Å². The molecule has 0 aliphatic carbocycles. The van der Waals surface area contributed by atoms with Gasteiger partial charge in [0.25, 0.3) is 0 Å². The van der Waals surface area contributed by atoms with Crippen molar-refractivity contribution < 1.29 is 4.39 Å². The Hall–Kier alpha value is -1.70. The molecule has 2 aromatic rings. The molecule has 1 N–H and O–H groups in total. The van der Waals surface area contributed by atoms with E-state index in [0.717, 1.165) is 30.2 Å². The van der Waals surface area contributed by atoms with Crippen LogP contribution in [0.3, 0.4) is 0 Å². The Labute approximate surface area is 153 Å². The predicted molar refractivity (Wildman–Crippen MR) is 103 cm³/mol. The van der Waals surface area contributed by atoms with Crippen LogP contribution < -0.4 is 5.32 Å². The lowest BCUT2D eigenvalue weighted by atomic mass is 10.2. The molecule has 4 nitrogen and oxygen atoms in total. The van der Waals surface area contributed by atoms with Gasteiger partial charge in [0.15, 0.2) is 5.96 Å². The van der Waals surface area contributed by atoms with Gasteiger partial charge in [-0.2, -0.15) is 0 Å². The third-order valence-electron chi connectivity index (χ3n) is 3.30. The number of guanidine groups is 1. The molecule has 0 atom stereocenters. The van der Waals surface area contributed by atoms with E-state index in [9.17, 15) is 4.39 Å². The van der Waals surface area contributed by atoms with E-state index in [4.69, 9.17) is 0 Å². The molecule has 0 unspecified atom stereocenters. The summed E-state index contributed by atoms with van der Waals surface area (Å²) in [6.45, 7) is 1.43. The van der Waals surface area contributed by atoms with Gasteiger partial charge in [0, 0.05) is 45.5 Å². The van der Waals surface area contributed by atoms with Gasteiger partial charge in [-0.05, 0) is 29.8 Å². The Morgan fingerprint density at radius 2 is 1.96 bits per heavy atom. The van der Waals surface area contributed by atoms with Gasteiger partial charge in [0.1, 0.15) is 5.82 Å². The lowest BCUT2D eigenvalue weighted by Crippen LogP contribution is -2.39. The normalized spacial score (nSPS) is 10.8. The second kappa shape index (κ2) is 10.1. The fourth-order valence-electron chi connectivity index (χ4n) is 2.17. The molecule has 0 fully saturated rings. The zero-order chi connectivity index (χ0) is 15.8. The summed E-state index contributed by atoms with van der Waals surface area (Å²) in [6.07, 6.45) is 2.63. The first-order chi connectivity index (χ1) is 10.7. The summed E-state index contributed by atoms with van der Waals surface area (Å²) in [4.78, 5) is 10.6. The number of hydrogen-bond donors (Lipinski definition) is 1. The highest BCUT2D eigenvalue weighted by molar-refractivity contribution is 14.0. The van der Waals surface area contributed by atoms with Crippen molar-refractivity contribution in [2.75, 3.05) is 20.6 Å². The van der Waals surface area contributed by atoms with Crippen molar-refractivity contribution in [3.63, 3.8) is 0 Å². The number of aliphatic imine (C=N–C) groups is 1. The first-order valence-corrected chi connectivity index (χ1v) is 7.25. The Balaban J connectivity index is 0.00000264. The van der Waals surface area contributed by atoms with Crippen LogP contribution >= 0.6 is 24.0 Å². The van der Waals surface area contributed by atoms with E-state index in [2.05, 4.69) is 15.3 Å². The maximum atomic E-state index is 12.9. The second-order valence-electron chi connectivity index (χ2n) is 5.03. The summed E-state index contributed by atoms with van der Waals surface area (Å²) >= 11 is 0. The number of rotatable bonds is 5. The van der Waals surface area contributed by atoms with Crippen LogP contribution in [0, 0.1) is 5.82 Å². The maximum Gasteiger partial charge on any atom is 0.193 e. The zero-order valence-corrected chi connectivity index (χ0v) is 15.7. The van der Waals surface area contributed by atoms with Crippen LogP contribution in [0.4, 0.5) is 4.39 Å². The molecule has 1 heterocycles. The molecule has 0 bridgehead atoms. The average Bonchev–Trinajstić information content (AvgIpc) is 2.54. The third kappa shape index (κ3) is 6.52. The summed E-state index contributed by atoms with van der Waals surface area (Å²) in [5.41, 5.74) is 2.09. The SMILES string of the molecule is CN=C(NCCc1ccccn1)N(C)Cc1ccc(F)cc1.I. The Morgan fingerprint density at radius 3 is 2.57 bits per heavy atom. The quantitative estimate of drug-likeness (QED) is 0.452. The van der Waals surface area contributed by atoms with Gasteiger partial charge >= 0.3 is 0 Å². The molecule has 0 aliphatic heterocycles. The maximum absolute atomic E-state index is 12.9. The van der Waals surface area contributed by atoms with Crippen molar-refractivity contribution in [3.8, 4) is 0 Å². The van der Waals surface area contributed by atoms with Gasteiger partial charge in [-0.1, -0.05) is 18.2 Å². The second-order valence-corrected chi connectivity index (χ2v) is 5.03. The summed E-state index contributed by atoms with van der Waals surface area (Å²) in [6, 6.07) is 12.4. The van der Waals surface area contributed by atoms with Crippen molar-refractivity contribution in [1.82, 2.24) is 15.2 Å². The third-order valence-corrected chi connectivity index (χ3v) is 3.30. The molecule has 23 heavy (non-hydrogen) atoms. The van der Waals surface area contributed by atoms with Gasteiger partial charge in [0.2, 0.25) is 0 Å². The Bertz CT molecular complexity index is 602. The molecule has 0 saturated carbocycles. The molecule has 0 aliphatic rings. The Kier molecular flexibility index (Phi) is 8.53. The van der Waals surface area contributed by atoms with Gasteiger partial charge in [-0.3, -0.25) is 9.98 Å². The van der Waals surface area contributed by atoms with E-state index in [1.54, 1.807) is 25.4 Å². The minimum absolute atomic E-state index is 0. The highest BCUT2D eigenvalue weighted by atomic mass is 127. The molecule has 6 heteroatoms. The summed E-state index contributed by atoms with van der Waals surface area (Å²) < 4.78 is 12.9. The van der Waals surface area contributed by atoms with E-state index < -0.39 is 0 Å². The number of halogens is 2. The zero-order valence-electron chi connectivity index (χ0n) is 13.4. The van der Waals surface area contributed by atoms with E-state index >= 15 is 0 Å². The largest absolute Gasteiger partial charge is 0.356 e. The predicted octanol–water partition coefficient (Wildman–Crippen LogP) is 3.09. The van der Waals surface area contributed by atoms with Crippen molar-refractivity contribution in [3.05, 3.63) is 65.7 Å². The number of nitrogens with one attached hydrogen (secondary N) is 1. The molecule has 124 valence electrons. The molecule has 0 spiro atoms. The van der Waals surface area contributed by atoms with Crippen molar-refractivity contribution in [2.45, 2.75) is 13.0 Å². The van der Waals surface area contributed by atoms with Gasteiger partial charge in [-0.15, -0.1) is 24.0 Å². The van der Waals surface area contributed by atoms with Gasteiger partial charge in [0.05, 0.1) is 0 Å². The van der Waals surface area contributed by atoms with Crippen molar-refractivity contribution >= 4 is 29.9 Å². The number of nitrogens with zero attached hydrogens (tertiary/aromatic N) is 3. The lowest BCUT2D eigenvalue weighted by Gasteiger charge is -2.22. The van der Waals surface area contributed by atoms with Crippen LogP contribution in [0.1, 0.15) is 11.3 Å². The number of hydrogen-bond acceptors (Lipinski definition) is 2. The molecule has 0 radical (unpaired) electrons. The highest BCUT2D eigenvalue weighted by Crippen LogP contribution is 2.05. The summed E-state index contributed by atoms with van der Waals surface area (Å²) in [7, 11) is 3.71. The molecule has 1 aromatic carbocycles. The monoisotopic (exact) mass is 428 g/mol. The summed E-state index contributed by atoms with van der Waals surface area (Å²) in [5, 5.41) is 3.31. The van der Waals surface area contributed by atoms with Crippen LogP contribution in [0.25, 0.3) is 0 Å². The Morgan fingerprint density at radius 1 is 1.22 bits per heavy atom. The van der Waals surface area contributed by atoms with Crippen LogP contribution in [-0.2, 0) is 13.0 Å². The number of pyridine rings is 1. The highest BCUT2D eigenvalue weighted by Gasteiger charge is 2.06. The van der Waals surface area contributed by atoms with Crippen LogP contribution in [-0.4, -0.2) is 36.5 Å². The van der Waals surface area contributed by atoms with Gasteiger partial charge < -0.3 is 10.2 Å². The summed E-state index contributed by atoms with van der Waals surface area (Å²) in [5.74, 6) is 0.588. The molecule has 2 rings (SSSR count). The van der Waals surface area contributed by atoms with E-state index in [1.807, 2.05) is 30.1 Å². The first-order valence-electron chi connectivity index (χ1n) is 7.25. The smallest absolute Gasteiger partial charge is 0.193 e.